The summed E-state index contributed by atoms with van der Waals surface area (Å²) < 4.78 is 1.58. The number of nitrogens with zero attached hydrogens (tertiary/aromatic N) is 3. The molecular formula is C13H15N5. The molecule has 1 aliphatic heterocycles. The number of hydrogen-bond acceptors (Lipinski definition) is 4. The Morgan fingerprint density at radius 2 is 2.39 bits per heavy atom. The van der Waals surface area contributed by atoms with Crippen LogP contribution in [0.2, 0.25) is 0 Å². The van der Waals surface area contributed by atoms with E-state index in [0.717, 1.165) is 24.2 Å². The summed E-state index contributed by atoms with van der Waals surface area (Å²) in [6, 6.07) is 6.28. The number of benzene rings is 1. The molecule has 0 atom stereocenters. The zero-order valence-corrected chi connectivity index (χ0v) is 10.2. The normalized spacial score (nSPS) is 13.8. The van der Waals surface area contributed by atoms with Gasteiger partial charge in [-0.1, -0.05) is 6.07 Å². The summed E-state index contributed by atoms with van der Waals surface area (Å²) in [6.07, 6.45) is 4.68. The molecule has 0 unspecified atom stereocenters. The van der Waals surface area contributed by atoms with E-state index in [1.165, 1.54) is 11.3 Å². The second-order valence-electron chi connectivity index (χ2n) is 4.42. The zero-order chi connectivity index (χ0) is 12.5. The van der Waals surface area contributed by atoms with Crippen LogP contribution in [0.1, 0.15) is 16.8 Å². The molecule has 0 spiro atoms. The van der Waals surface area contributed by atoms with Crippen LogP contribution in [0.4, 0.5) is 11.6 Å². The van der Waals surface area contributed by atoms with E-state index in [2.05, 4.69) is 27.5 Å². The fourth-order valence-corrected chi connectivity index (χ4v) is 2.13. The number of nitrogens with one attached hydrogen (secondary N) is 1. The Kier molecular flexibility index (Phi) is 2.51. The molecular weight excluding hydrogens is 226 g/mol. The van der Waals surface area contributed by atoms with Gasteiger partial charge in [0.05, 0.1) is 18.1 Å². The maximum absolute atomic E-state index is 5.72. The van der Waals surface area contributed by atoms with Crippen molar-refractivity contribution in [1.82, 2.24) is 9.66 Å². The van der Waals surface area contributed by atoms with Gasteiger partial charge in [0.2, 0.25) is 5.95 Å². The number of anilines is 2. The molecule has 0 saturated carbocycles. The van der Waals surface area contributed by atoms with Crippen molar-refractivity contribution in [2.45, 2.75) is 13.3 Å². The van der Waals surface area contributed by atoms with Crippen molar-refractivity contribution < 1.29 is 0 Å². The molecule has 0 bridgehead atoms. The summed E-state index contributed by atoms with van der Waals surface area (Å²) in [6.45, 7) is 2.91. The Balaban J connectivity index is 1.86. The van der Waals surface area contributed by atoms with Crippen molar-refractivity contribution >= 4 is 17.9 Å². The lowest BCUT2D eigenvalue weighted by Crippen LogP contribution is -1.97. The third-order valence-electron chi connectivity index (χ3n) is 3.01. The molecule has 0 radical (unpaired) electrons. The van der Waals surface area contributed by atoms with Gasteiger partial charge >= 0.3 is 0 Å². The van der Waals surface area contributed by atoms with Crippen LogP contribution in [-0.2, 0) is 6.42 Å². The van der Waals surface area contributed by atoms with Crippen molar-refractivity contribution in [2.24, 2.45) is 5.10 Å². The fraction of sp³-hybridized carbons (Fsp3) is 0.231. The third-order valence-corrected chi connectivity index (χ3v) is 3.01. The summed E-state index contributed by atoms with van der Waals surface area (Å²) in [4.78, 5) is 4.10. The van der Waals surface area contributed by atoms with Crippen LogP contribution in [0.5, 0.6) is 0 Å². The number of aromatic nitrogens is 2. The smallest absolute Gasteiger partial charge is 0.221 e. The van der Waals surface area contributed by atoms with Crippen LogP contribution >= 0.6 is 0 Å². The highest BCUT2D eigenvalue weighted by Gasteiger charge is 2.09. The molecule has 3 rings (SSSR count). The lowest BCUT2D eigenvalue weighted by Gasteiger charge is -2.00. The van der Waals surface area contributed by atoms with Gasteiger partial charge in [-0.15, -0.1) is 0 Å². The van der Waals surface area contributed by atoms with E-state index in [-0.39, 0.29) is 0 Å². The second-order valence-corrected chi connectivity index (χ2v) is 4.42. The van der Waals surface area contributed by atoms with Crippen LogP contribution in [0, 0.1) is 6.92 Å². The topological polar surface area (TPSA) is 68.2 Å². The number of nitrogen functional groups attached to an aromatic ring is 1. The monoisotopic (exact) mass is 241 g/mol. The van der Waals surface area contributed by atoms with E-state index >= 15 is 0 Å². The number of fused-ring (bicyclic) bond motifs is 1. The van der Waals surface area contributed by atoms with Crippen molar-refractivity contribution in [3.63, 3.8) is 0 Å². The quantitative estimate of drug-likeness (QED) is 0.785. The van der Waals surface area contributed by atoms with Crippen LogP contribution in [0.3, 0.4) is 0 Å². The molecule has 92 valence electrons. The van der Waals surface area contributed by atoms with E-state index in [0.29, 0.717) is 5.95 Å². The molecule has 1 aliphatic rings. The van der Waals surface area contributed by atoms with Crippen molar-refractivity contribution in [1.29, 1.82) is 0 Å². The predicted octanol–water partition coefficient (Wildman–Crippen LogP) is 1.62. The summed E-state index contributed by atoms with van der Waals surface area (Å²) in [7, 11) is 0. The SMILES string of the molecule is Cc1cn(N=Cc2ccc3c(c2)CCN3)c(N)n1. The first-order valence-electron chi connectivity index (χ1n) is 5.95. The van der Waals surface area contributed by atoms with Crippen LogP contribution in [0.15, 0.2) is 29.5 Å². The lowest BCUT2D eigenvalue weighted by atomic mass is 10.1. The van der Waals surface area contributed by atoms with Gasteiger partial charge in [0.1, 0.15) is 0 Å². The van der Waals surface area contributed by atoms with Gasteiger partial charge in [-0.3, -0.25) is 0 Å². The minimum Gasteiger partial charge on any atom is -0.384 e. The summed E-state index contributed by atoms with van der Waals surface area (Å²) in [5.41, 5.74) is 10.2. The first-order chi connectivity index (χ1) is 8.72. The van der Waals surface area contributed by atoms with Gasteiger partial charge < -0.3 is 11.1 Å². The molecule has 2 aromatic rings. The lowest BCUT2D eigenvalue weighted by molar-refractivity contribution is 0.897. The minimum absolute atomic E-state index is 0.409. The van der Waals surface area contributed by atoms with Gasteiger partial charge in [-0.25, -0.2) is 9.66 Å². The second kappa shape index (κ2) is 4.18. The van der Waals surface area contributed by atoms with Gasteiger partial charge in [0, 0.05) is 12.2 Å². The Hall–Kier alpha value is -2.30. The Bertz CT molecular complexity index is 612. The molecule has 1 aromatic carbocycles. The molecule has 0 aliphatic carbocycles. The number of imidazole rings is 1. The van der Waals surface area contributed by atoms with Crippen LogP contribution in [-0.4, -0.2) is 22.4 Å². The van der Waals surface area contributed by atoms with E-state index < -0.39 is 0 Å². The van der Waals surface area contributed by atoms with Gasteiger partial charge in [-0.05, 0) is 36.6 Å². The summed E-state index contributed by atoms with van der Waals surface area (Å²) in [5, 5.41) is 7.64. The Morgan fingerprint density at radius 1 is 1.50 bits per heavy atom. The van der Waals surface area contributed by atoms with Crippen molar-refractivity contribution in [3.05, 3.63) is 41.2 Å². The first kappa shape index (κ1) is 10.8. The maximum Gasteiger partial charge on any atom is 0.221 e. The first-order valence-corrected chi connectivity index (χ1v) is 5.95. The number of hydrogen-bond donors (Lipinski definition) is 2. The Morgan fingerprint density at radius 3 is 3.17 bits per heavy atom. The molecule has 1 aromatic heterocycles. The predicted molar refractivity (Wildman–Crippen MR) is 73.0 cm³/mol. The van der Waals surface area contributed by atoms with Crippen molar-refractivity contribution in [3.8, 4) is 0 Å². The highest BCUT2D eigenvalue weighted by Crippen LogP contribution is 2.22. The molecule has 0 amide bonds. The number of rotatable bonds is 2. The fourth-order valence-electron chi connectivity index (χ4n) is 2.13. The largest absolute Gasteiger partial charge is 0.384 e. The average molecular weight is 241 g/mol. The molecule has 18 heavy (non-hydrogen) atoms. The highest BCUT2D eigenvalue weighted by atomic mass is 15.4. The van der Waals surface area contributed by atoms with Crippen molar-refractivity contribution in [2.75, 3.05) is 17.6 Å². The van der Waals surface area contributed by atoms with E-state index in [9.17, 15) is 0 Å². The molecule has 2 heterocycles. The summed E-state index contributed by atoms with van der Waals surface area (Å²) in [5.74, 6) is 0.409. The molecule has 0 fully saturated rings. The van der Waals surface area contributed by atoms with Gasteiger partial charge in [-0.2, -0.15) is 5.10 Å². The molecule has 5 nitrogen and oxygen atoms in total. The Labute approximate surface area is 105 Å². The average Bonchev–Trinajstić information content (AvgIpc) is 2.92. The van der Waals surface area contributed by atoms with E-state index in [1.54, 1.807) is 17.1 Å². The minimum atomic E-state index is 0.409. The van der Waals surface area contributed by atoms with Gasteiger partial charge in [0.15, 0.2) is 0 Å². The standard InChI is InChI=1S/C13H15N5/c1-9-8-18(13(14)17-9)16-7-10-2-3-12-11(6-10)4-5-15-12/h2-3,6-8,15H,4-5H2,1H3,(H2,14,17). The number of nitrogens with two attached hydrogens (primary N) is 1. The van der Waals surface area contributed by atoms with Gasteiger partial charge in [0.25, 0.3) is 0 Å². The maximum atomic E-state index is 5.72. The highest BCUT2D eigenvalue weighted by molar-refractivity contribution is 5.81. The molecule has 3 N–H and O–H groups in total. The zero-order valence-electron chi connectivity index (χ0n) is 10.2. The summed E-state index contributed by atoms with van der Waals surface area (Å²) >= 11 is 0. The number of aryl methyl sites for hydroxylation is 1. The molecule has 5 heteroatoms. The van der Waals surface area contributed by atoms with Crippen LogP contribution in [0.25, 0.3) is 0 Å². The van der Waals surface area contributed by atoms with Crippen LogP contribution < -0.4 is 11.1 Å². The van der Waals surface area contributed by atoms with E-state index in [1.807, 2.05) is 13.0 Å². The van der Waals surface area contributed by atoms with E-state index in [4.69, 9.17) is 5.73 Å². The molecule has 0 saturated heterocycles. The third kappa shape index (κ3) is 1.95.